The Bertz CT molecular complexity index is 980. The van der Waals surface area contributed by atoms with Gasteiger partial charge in [-0.1, -0.05) is 18.9 Å². The van der Waals surface area contributed by atoms with Crippen LogP contribution in [0, 0.1) is 0 Å². The standard InChI is InChI=1S/C18H15N4O/c23-18-13-11-6-3-8-19-14(11)16-15(12(13)7-9-20-18)21-17(22-16)10-4-1-2-5-10/h3,6-10H,1-2,4-5H2,(H,21,22). The van der Waals surface area contributed by atoms with Crippen LogP contribution in [0.2, 0.25) is 0 Å². The first-order chi connectivity index (χ1) is 11.3. The van der Waals surface area contributed by atoms with Gasteiger partial charge in [-0.2, -0.15) is 0 Å². The van der Waals surface area contributed by atoms with Gasteiger partial charge in [0.05, 0.1) is 16.6 Å². The topological polar surface area (TPSA) is 72.7 Å². The average molecular weight is 303 g/mol. The number of benzene rings is 1. The van der Waals surface area contributed by atoms with Gasteiger partial charge in [-0.05, 0) is 25.0 Å². The molecule has 3 aromatic rings. The van der Waals surface area contributed by atoms with E-state index >= 15 is 0 Å². The summed E-state index contributed by atoms with van der Waals surface area (Å²) < 4.78 is 0. The fraction of sp³-hybridized carbons (Fsp3) is 0.278. The summed E-state index contributed by atoms with van der Waals surface area (Å²) in [7, 11) is 0. The lowest BCUT2D eigenvalue weighted by molar-refractivity contribution is 0.0966. The Balaban J connectivity index is 1.90. The number of hydrogen-bond donors (Lipinski definition) is 1. The van der Waals surface area contributed by atoms with Crippen molar-refractivity contribution in [1.29, 1.82) is 0 Å². The summed E-state index contributed by atoms with van der Waals surface area (Å²) in [5, 5.41) is 4.76. The number of aromatic nitrogens is 3. The third-order valence-electron chi connectivity index (χ3n) is 4.95. The van der Waals surface area contributed by atoms with Crippen molar-refractivity contribution < 1.29 is 4.79 Å². The number of imidazole rings is 1. The minimum absolute atomic E-state index is 0.209. The molecule has 5 nitrogen and oxygen atoms in total. The van der Waals surface area contributed by atoms with Crippen molar-refractivity contribution >= 4 is 33.9 Å². The quantitative estimate of drug-likeness (QED) is 0.747. The van der Waals surface area contributed by atoms with Crippen LogP contribution in [0.15, 0.2) is 24.5 Å². The number of nitrogens with zero attached hydrogens (tertiary/aromatic N) is 3. The number of H-pyrrole nitrogens is 1. The van der Waals surface area contributed by atoms with Crippen molar-refractivity contribution in [3.05, 3.63) is 41.5 Å². The van der Waals surface area contributed by atoms with E-state index in [1.807, 2.05) is 18.2 Å². The van der Waals surface area contributed by atoms with Crippen molar-refractivity contribution in [2.24, 2.45) is 0 Å². The first kappa shape index (κ1) is 12.8. The normalized spacial score (nSPS) is 17.8. The van der Waals surface area contributed by atoms with Crippen molar-refractivity contribution in [1.82, 2.24) is 20.3 Å². The molecule has 113 valence electrons. The molecule has 5 rings (SSSR count). The van der Waals surface area contributed by atoms with Gasteiger partial charge in [-0.3, -0.25) is 9.78 Å². The zero-order valence-corrected chi connectivity index (χ0v) is 12.5. The van der Waals surface area contributed by atoms with Crippen LogP contribution in [0.1, 0.15) is 53.3 Å². The van der Waals surface area contributed by atoms with Gasteiger partial charge >= 0.3 is 0 Å². The van der Waals surface area contributed by atoms with E-state index in [4.69, 9.17) is 4.98 Å². The highest BCUT2D eigenvalue weighted by Crippen LogP contribution is 2.37. The smallest absolute Gasteiger partial charge is 0.278 e. The zero-order valence-electron chi connectivity index (χ0n) is 12.5. The Labute approximate surface area is 132 Å². The molecule has 2 aromatic heterocycles. The maximum atomic E-state index is 12.3. The lowest BCUT2D eigenvalue weighted by Crippen LogP contribution is -2.16. The van der Waals surface area contributed by atoms with Crippen LogP contribution in [-0.2, 0) is 0 Å². The predicted octanol–water partition coefficient (Wildman–Crippen LogP) is 3.50. The molecule has 0 bridgehead atoms. The number of hydrogen-bond acceptors (Lipinski definition) is 3. The summed E-state index contributed by atoms with van der Waals surface area (Å²) in [6.07, 6.45) is 10.1. The number of amides is 1. The van der Waals surface area contributed by atoms with Crippen molar-refractivity contribution in [2.45, 2.75) is 31.6 Å². The summed E-state index contributed by atoms with van der Waals surface area (Å²) >= 11 is 0. The molecular formula is C18H15N4O. The molecule has 1 aromatic carbocycles. The van der Waals surface area contributed by atoms with Crippen LogP contribution >= 0.6 is 0 Å². The number of carbonyl (C=O) groups excluding carboxylic acids is 1. The average Bonchev–Trinajstić information content (AvgIpc) is 3.24. The third-order valence-corrected chi connectivity index (χ3v) is 4.95. The molecule has 0 spiro atoms. The molecule has 3 heterocycles. The monoisotopic (exact) mass is 303 g/mol. The Hall–Kier alpha value is -2.69. The zero-order chi connectivity index (χ0) is 15.4. The first-order valence-corrected chi connectivity index (χ1v) is 8.05. The van der Waals surface area contributed by atoms with E-state index in [1.54, 1.807) is 12.4 Å². The number of rotatable bonds is 1. The third kappa shape index (κ3) is 1.76. The van der Waals surface area contributed by atoms with Crippen LogP contribution in [-0.4, -0.2) is 20.9 Å². The van der Waals surface area contributed by atoms with Crippen LogP contribution in [0.5, 0.6) is 0 Å². The second kappa shape index (κ2) is 4.65. The number of pyridine rings is 1. The van der Waals surface area contributed by atoms with E-state index < -0.39 is 0 Å². The fourth-order valence-corrected chi connectivity index (χ4v) is 3.86. The Kier molecular flexibility index (Phi) is 2.59. The summed E-state index contributed by atoms with van der Waals surface area (Å²) in [6, 6.07) is 3.78. The van der Waals surface area contributed by atoms with E-state index in [0.717, 1.165) is 33.3 Å². The Morgan fingerprint density at radius 1 is 1.17 bits per heavy atom. The molecule has 2 aliphatic rings. The van der Waals surface area contributed by atoms with Gasteiger partial charge in [0.1, 0.15) is 11.3 Å². The van der Waals surface area contributed by atoms with Crippen molar-refractivity contribution in [3.8, 4) is 0 Å². The molecule has 1 aliphatic carbocycles. The van der Waals surface area contributed by atoms with Crippen LogP contribution in [0.3, 0.4) is 0 Å². The summed E-state index contributed by atoms with van der Waals surface area (Å²) in [5.41, 5.74) is 4.07. The molecule has 1 N–H and O–H groups in total. The molecule has 1 radical (unpaired) electrons. The highest BCUT2D eigenvalue weighted by atomic mass is 16.1. The number of nitrogens with one attached hydrogen (secondary N) is 1. The molecule has 1 aliphatic heterocycles. The number of fused-ring (bicyclic) bond motifs is 6. The maximum Gasteiger partial charge on any atom is 0.278 e. The summed E-state index contributed by atoms with van der Waals surface area (Å²) in [4.78, 5) is 25.2. The highest BCUT2D eigenvalue weighted by molar-refractivity contribution is 6.19. The highest BCUT2D eigenvalue weighted by Gasteiger charge is 2.26. The van der Waals surface area contributed by atoms with Gasteiger partial charge in [-0.15, -0.1) is 0 Å². The van der Waals surface area contributed by atoms with Crippen LogP contribution in [0.4, 0.5) is 0 Å². The van der Waals surface area contributed by atoms with E-state index in [-0.39, 0.29) is 5.91 Å². The van der Waals surface area contributed by atoms with Gasteiger partial charge in [-0.25, -0.2) is 10.3 Å². The second-order valence-electron chi connectivity index (χ2n) is 6.27. The largest absolute Gasteiger partial charge is 0.341 e. The minimum atomic E-state index is -0.209. The molecule has 0 atom stereocenters. The number of aromatic amines is 1. The molecule has 23 heavy (non-hydrogen) atoms. The molecule has 0 unspecified atom stereocenters. The van der Waals surface area contributed by atoms with E-state index in [0.29, 0.717) is 11.5 Å². The van der Waals surface area contributed by atoms with Crippen LogP contribution < -0.4 is 5.32 Å². The van der Waals surface area contributed by atoms with Gasteiger partial charge in [0.25, 0.3) is 5.91 Å². The van der Waals surface area contributed by atoms with Gasteiger partial charge in [0.2, 0.25) is 0 Å². The summed E-state index contributed by atoms with van der Waals surface area (Å²) in [6.45, 7) is 0. The van der Waals surface area contributed by atoms with E-state index in [9.17, 15) is 4.79 Å². The number of carbonyl (C=O) groups is 1. The lowest BCUT2D eigenvalue weighted by Gasteiger charge is -2.12. The molecule has 1 saturated carbocycles. The van der Waals surface area contributed by atoms with Crippen LogP contribution in [0.25, 0.3) is 28.0 Å². The van der Waals surface area contributed by atoms with E-state index in [1.165, 1.54) is 25.7 Å². The second-order valence-corrected chi connectivity index (χ2v) is 6.27. The fourth-order valence-electron chi connectivity index (χ4n) is 3.86. The summed E-state index contributed by atoms with van der Waals surface area (Å²) in [5.74, 6) is 1.31. The maximum absolute atomic E-state index is 12.3. The molecule has 1 amide bonds. The molecule has 1 fully saturated rings. The van der Waals surface area contributed by atoms with E-state index in [2.05, 4.69) is 15.3 Å². The Morgan fingerprint density at radius 3 is 2.91 bits per heavy atom. The van der Waals surface area contributed by atoms with Gasteiger partial charge in [0.15, 0.2) is 0 Å². The minimum Gasteiger partial charge on any atom is -0.341 e. The lowest BCUT2D eigenvalue weighted by atomic mass is 9.97. The van der Waals surface area contributed by atoms with Crippen molar-refractivity contribution in [3.63, 3.8) is 0 Å². The van der Waals surface area contributed by atoms with Crippen molar-refractivity contribution in [2.75, 3.05) is 0 Å². The van der Waals surface area contributed by atoms with Gasteiger partial charge < -0.3 is 4.98 Å². The molecular weight excluding hydrogens is 288 g/mol. The Morgan fingerprint density at radius 2 is 2.04 bits per heavy atom. The predicted molar refractivity (Wildman–Crippen MR) is 88.1 cm³/mol. The first-order valence-electron chi connectivity index (χ1n) is 8.05. The van der Waals surface area contributed by atoms with Gasteiger partial charge in [0, 0.05) is 29.3 Å². The SMILES string of the molecule is O=C1[N]C=Cc2c1c1cccnc1c1nc(C3CCCC3)[nH]c21. The molecule has 5 heteroatoms. The molecule has 0 saturated heterocycles.